The molecular formula is C11H18N2O2S2. The van der Waals surface area contributed by atoms with Crippen molar-refractivity contribution >= 4 is 21.4 Å². The molecule has 2 rings (SSSR count). The van der Waals surface area contributed by atoms with E-state index in [0.29, 0.717) is 4.21 Å². The van der Waals surface area contributed by atoms with Crippen molar-refractivity contribution in [1.82, 2.24) is 9.62 Å². The first kappa shape index (κ1) is 13.0. The van der Waals surface area contributed by atoms with E-state index in [9.17, 15) is 8.42 Å². The highest BCUT2D eigenvalue weighted by Gasteiger charge is 2.31. The van der Waals surface area contributed by atoms with Crippen LogP contribution in [0.2, 0.25) is 0 Å². The molecule has 1 N–H and O–H groups in total. The number of likely N-dealkylation sites (N-methyl/N-ethyl adjacent to an activating group) is 1. The van der Waals surface area contributed by atoms with Crippen LogP contribution in [0, 0.1) is 13.8 Å². The number of nitrogens with one attached hydrogen (secondary N) is 1. The molecule has 0 aromatic carbocycles. The predicted octanol–water partition coefficient (Wildman–Crippen LogP) is 1.35. The average Bonchev–Trinajstić information content (AvgIpc) is 2.86. The summed E-state index contributed by atoms with van der Waals surface area (Å²) >= 11 is 1.36. The Morgan fingerprint density at radius 1 is 1.47 bits per heavy atom. The number of thiophene rings is 1. The molecule has 0 bridgehead atoms. The Morgan fingerprint density at radius 3 is 2.65 bits per heavy atom. The number of rotatable bonds is 3. The maximum atomic E-state index is 12.5. The van der Waals surface area contributed by atoms with Crippen molar-refractivity contribution in [1.29, 1.82) is 0 Å². The Bertz CT molecular complexity index is 502. The van der Waals surface area contributed by atoms with E-state index in [2.05, 4.69) is 5.32 Å². The van der Waals surface area contributed by atoms with Gasteiger partial charge in [0.2, 0.25) is 0 Å². The molecule has 0 amide bonds. The number of sulfonamides is 1. The van der Waals surface area contributed by atoms with Crippen LogP contribution in [0.1, 0.15) is 16.9 Å². The molecule has 0 spiro atoms. The molecule has 1 saturated heterocycles. The summed E-state index contributed by atoms with van der Waals surface area (Å²) in [6, 6.07) is 2.01. The molecule has 0 aliphatic carbocycles. The van der Waals surface area contributed by atoms with E-state index < -0.39 is 10.0 Å². The van der Waals surface area contributed by atoms with Gasteiger partial charge >= 0.3 is 0 Å². The molecule has 1 aliphatic heterocycles. The van der Waals surface area contributed by atoms with Crippen molar-refractivity contribution in [2.45, 2.75) is 30.5 Å². The van der Waals surface area contributed by atoms with Gasteiger partial charge in [-0.25, -0.2) is 8.42 Å². The standard InChI is InChI=1S/C11H18N2O2S2/c1-8-6-9(2)16-11(8)17(14,15)13(3)10-4-5-12-7-10/h6,10,12H,4-5,7H2,1-3H3. The van der Waals surface area contributed by atoms with Gasteiger partial charge in [0.05, 0.1) is 0 Å². The van der Waals surface area contributed by atoms with E-state index in [1.165, 1.54) is 15.6 Å². The summed E-state index contributed by atoms with van der Waals surface area (Å²) in [7, 11) is -1.64. The molecule has 1 aromatic rings. The van der Waals surface area contributed by atoms with Crippen LogP contribution in [0.5, 0.6) is 0 Å². The van der Waals surface area contributed by atoms with Crippen molar-refractivity contribution in [2.75, 3.05) is 20.1 Å². The van der Waals surface area contributed by atoms with Crippen LogP contribution >= 0.6 is 11.3 Å². The summed E-state index contributed by atoms with van der Waals surface area (Å²) in [6.07, 6.45) is 0.888. The zero-order valence-electron chi connectivity index (χ0n) is 10.4. The van der Waals surface area contributed by atoms with Gasteiger partial charge in [-0.1, -0.05) is 0 Å². The molecule has 0 saturated carbocycles. The van der Waals surface area contributed by atoms with Crippen LogP contribution in [0.4, 0.5) is 0 Å². The lowest BCUT2D eigenvalue weighted by Crippen LogP contribution is -2.38. The maximum Gasteiger partial charge on any atom is 0.252 e. The molecule has 4 nitrogen and oxygen atoms in total. The van der Waals surface area contributed by atoms with Crippen molar-refractivity contribution < 1.29 is 8.42 Å². The van der Waals surface area contributed by atoms with E-state index in [1.807, 2.05) is 19.9 Å². The Morgan fingerprint density at radius 2 is 2.18 bits per heavy atom. The highest BCUT2D eigenvalue weighted by molar-refractivity contribution is 7.91. The fourth-order valence-corrected chi connectivity index (χ4v) is 5.37. The van der Waals surface area contributed by atoms with Crippen LogP contribution in [0.25, 0.3) is 0 Å². The summed E-state index contributed by atoms with van der Waals surface area (Å²) in [5.74, 6) is 0. The largest absolute Gasteiger partial charge is 0.315 e. The summed E-state index contributed by atoms with van der Waals surface area (Å²) in [5.41, 5.74) is 0.852. The topological polar surface area (TPSA) is 49.4 Å². The van der Waals surface area contributed by atoms with Gasteiger partial charge in [0, 0.05) is 24.5 Å². The third-order valence-electron chi connectivity index (χ3n) is 3.16. The molecule has 1 fully saturated rings. The lowest BCUT2D eigenvalue weighted by molar-refractivity contribution is 0.388. The monoisotopic (exact) mass is 274 g/mol. The molecule has 96 valence electrons. The van der Waals surface area contributed by atoms with Crippen LogP contribution in [0.15, 0.2) is 10.3 Å². The smallest absolute Gasteiger partial charge is 0.252 e. The second kappa shape index (κ2) is 4.68. The lowest BCUT2D eigenvalue weighted by atomic mass is 10.3. The van der Waals surface area contributed by atoms with Crippen molar-refractivity contribution in [3.8, 4) is 0 Å². The molecule has 2 heterocycles. The summed E-state index contributed by atoms with van der Waals surface area (Å²) in [4.78, 5) is 1.04. The fourth-order valence-electron chi connectivity index (χ4n) is 2.15. The van der Waals surface area contributed by atoms with Gasteiger partial charge in [-0.2, -0.15) is 4.31 Å². The van der Waals surface area contributed by atoms with Gasteiger partial charge < -0.3 is 5.32 Å². The van der Waals surface area contributed by atoms with E-state index in [-0.39, 0.29) is 6.04 Å². The first-order valence-corrected chi connectivity index (χ1v) is 7.94. The van der Waals surface area contributed by atoms with Gasteiger partial charge in [-0.05, 0) is 38.4 Å². The highest BCUT2D eigenvalue weighted by Crippen LogP contribution is 2.29. The van der Waals surface area contributed by atoms with E-state index >= 15 is 0 Å². The Hall–Kier alpha value is -0.430. The molecule has 6 heteroatoms. The fraction of sp³-hybridized carbons (Fsp3) is 0.636. The number of hydrogen-bond acceptors (Lipinski definition) is 4. The minimum atomic E-state index is -3.32. The van der Waals surface area contributed by atoms with Crippen LogP contribution < -0.4 is 5.32 Å². The third-order valence-corrected chi connectivity index (χ3v) is 6.83. The SMILES string of the molecule is Cc1cc(C)c(S(=O)(=O)N(C)C2CCNC2)s1. The Kier molecular flexibility index (Phi) is 3.58. The van der Waals surface area contributed by atoms with E-state index in [4.69, 9.17) is 0 Å². The first-order chi connectivity index (χ1) is 7.93. The van der Waals surface area contributed by atoms with Crippen LogP contribution in [0.3, 0.4) is 0 Å². The summed E-state index contributed by atoms with van der Waals surface area (Å²) in [6.45, 7) is 5.44. The highest BCUT2D eigenvalue weighted by atomic mass is 32.2. The third kappa shape index (κ3) is 2.40. The number of nitrogens with zero attached hydrogens (tertiary/aromatic N) is 1. The van der Waals surface area contributed by atoms with E-state index in [0.717, 1.165) is 30.0 Å². The van der Waals surface area contributed by atoms with Gasteiger partial charge in [0.15, 0.2) is 0 Å². The summed E-state index contributed by atoms with van der Waals surface area (Å²) < 4.78 is 26.9. The quantitative estimate of drug-likeness (QED) is 0.905. The molecule has 1 aromatic heterocycles. The van der Waals surface area contributed by atoms with Crippen molar-refractivity contribution in [3.63, 3.8) is 0 Å². The maximum absolute atomic E-state index is 12.5. The molecule has 1 unspecified atom stereocenters. The van der Waals surface area contributed by atoms with Gasteiger partial charge in [-0.15, -0.1) is 11.3 Å². The predicted molar refractivity (Wildman–Crippen MR) is 70.0 cm³/mol. The zero-order chi connectivity index (χ0) is 12.6. The first-order valence-electron chi connectivity index (χ1n) is 5.68. The second-order valence-electron chi connectivity index (χ2n) is 4.50. The Labute approximate surface area is 107 Å². The molecule has 1 aliphatic rings. The molecule has 1 atom stereocenters. The van der Waals surface area contributed by atoms with Gasteiger partial charge in [0.25, 0.3) is 10.0 Å². The van der Waals surface area contributed by atoms with Crippen LogP contribution in [-0.4, -0.2) is 38.9 Å². The second-order valence-corrected chi connectivity index (χ2v) is 7.94. The lowest BCUT2D eigenvalue weighted by Gasteiger charge is -2.22. The number of aryl methyl sites for hydroxylation is 2. The minimum Gasteiger partial charge on any atom is -0.315 e. The Balaban J connectivity index is 2.32. The van der Waals surface area contributed by atoms with E-state index in [1.54, 1.807) is 7.05 Å². The van der Waals surface area contributed by atoms with Crippen molar-refractivity contribution in [3.05, 3.63) is 16.5 Å². The molecular weight excluding hydrogens is 256 g/mol. The van der Waals surface area contributed by atoms with Gasteiger partial charge in [-0.3, -0.25) is 0 Å². The zero-order valence-corrected chi connectivity index (χ0v) is 12.0. The van der Waals surface area contributed by atoms with Crippen molar-refractivity contribution in [2.24, 2.45) is 0 Å². The molecule has 17 heavy (non-hydrogen) atoms. The number of hydrogen-bond donors (Lipinski definition) is 1. The van der Waals surface area contributed by atoms with Crippen LogP contribution in [-0.2, 0) is 10.0 Å². The normalized spacial score (nSPS) is 21.3. The average molecular weight is 274 g/mol. The molecule has 0 radical (unpaired) electrons. The summed E-state index contributed by atoms with van der Waals surface area (Å²) in [5, 5.41) is 3.19. The van der Waals surface area contributed by atoms with Gasteiger partial charge in [0.1, 0.15) is 4.21 Å². The minimum absolute atomic E-state index is 0.0850.